The van der Waals surface area contributed by atoms with Gasteiger partial charge in [-0.3, -0.25) is 24.0 Å². The van der Waals surface area contributed by atoms with Crippen molar-refractivity contribution in [2.24, 2.45) is 103 Å². The molecule has 476 valence electrons. The Morgan fingerprint density at radius 2 is 0.897 bits per heavy atom. The van der Waals surface area contributed by atoms with E-state index in [1.54, 1.807) is 0 Å². The van der Waals surface area contributed by atoms with Crippen molar-refractivity contribution in [1.82, 2.24) is 0 Å². The molecule has 0 amide bonds. The molecule has 0 aliphatic heterocycles. The largest absolute Gasteiger partial charge is 0.508 e. The van der Waals surface area contributed by atoms with Crippen molar-refractivity contribution < 1.29 is 49.5 Å². The van der Waals surface area contributed by atoms with Crippen molar-refractivity contribution >= 4 is 28.9 Å². The zero-order valence-electron chi connectivity index (χ0n) is 54.2. The number of rotatable bonds is 2. The Kier molecular flexibility index (Phi) is 16.0. The molecule has 1 aromatic carbocycles. The summed E-state index contributed by atoms with van der Waals surface area (Å²) in [5.41, 5.74) is 6.18. The molecular formula is C77H108O10. The van der Waals surface area contributed by atoms with Crippen LogP contribution in [0, 0.1) is 103 Å². The van der Waals surface area contributed by atoms with Crippen molar-refractivity contribution in [1.29, 1.82) is 0 Å². The monoisotopic (exact) mass is 1190 g/mol. The molecule has 11 fully saturated rings. The molecule has 0 bridgehead atoms. The number of phenols is 1. The van der Waals surface area contributed by atoms with Crippen molar-refractivity contribution in [2.75, 3.05) is 6.61 Å². The van der Waals surface area contributed by atoms with E-state index in [1.165, 1.54) is 85.6 Å². The summed E-state index contributed by atoms with van der Waals surface area (Å²) >= 11 is 0. The first-order chi connectivity index (χ1) is 41.3. The number of allylic oxidation sites excluding steroid dienone is 3. The Morgan fingerprint density at radius 1 is 0.448 bits per heavy atom. The van der Waals surface area contributed by atoms with Crippen molar-refractivity contribution in [2.45, 2.75) is 265 Å². The first kappa shape index (κ1) is 62.2. The smallest absolute Gasteiger partial charge is 0.190 e. The van der Waals surface area contributed by atoms with Gasteiger partial charge in [0.05, 0.1) is 12.2 Å². The minimum Gasteiger partial charge on any atom is -0.508 e. The second-order valence-corrected chi connectivity index (χ2v) is 33.8. The lowest BCUT2D eigenvalue weighted by molar-refractivity contribution is -0.164. The number of benzene rings is 1. The van der Waals surface area contributed by atoms with Crippen LogP contribution in [0.3, 0.4) is 0 Å². The van der Waals surface area contributed by atoms with Gasteiger partial charge in [0.15, 0.2) is 23.1 Å². The average Bonchev–Trinajstić information content (AvgIpc) is 1.72. The minimum absolute atomic E-state index is 0.0246. The molecular weight excluding hydrogens is 1080 g/mol. The van der Waals surface area contributed by atoms with Gasteiger partial charge in [0.25, 0.3) is 0 Å². The first-order valence-electron chi connectivity index (χ1n) is 35.5. The highest BCUT2D eigenvalue weighted by Crippen LogP contribution is 2.70. The molecule has 11 saturated carbocycles. The number of phenolic OH excluding ortho intramolecular Hbond substituents is 1. The summed E-state index contributed by atoms with van der Waals surface area (Å²) in [6.07, 6.45) is 36.4. The van der Waals surface area contributed by atoms with Gasteiger partial charge >= 0.3 is 0 Å². The van der Waals surface area contributed by atoms with Gasteiger partial charge in [0.1, 0.15) is 23.7 Å². The molecule has 87 heavy (non-hydrogen) atoms. The van der Waals surface area contributed by atoms with Gasteiger partial charge in [-0.2, -0.15) is 0 Å². The number of aliphatic hydroxyl groups is 4. The third-order valence-corrected chi connectivity index (χ3v) is 31.0. The SMILES string of the molecule is C[C@]12CCC(=O)C=C1CC[C@@H]1[C@@H]2CC[C@@]2(C)[C@H]1CC[C@]2(O)C(=O)CO.C[C@]12CCC(=O)C=C1CC[C@@H]1[C@@H]2CC[C@]2(C)C(=O)CC[C@@H]12.C[C@]12CC[C@@H]3c4ccc(O)cc4CC[C@H]3[C@@H]1CC[C@@H]2O.C[C@]12CC[C@H]3[C@@H](CCC4=CC(=O)CC[C@@]43C)[C@@H]1CC[C@@H]2O. The topological polar surface area (TPSA) is 186 Å². The van der Waals surface area contributed by atoms with Gasteiger partial charge in [-0.1, -0.05) is 71.3 Å². The van der Waals surface area contributed by atoms with Crippen molar-refractivity contribution in [3.8, 4) is 5.75 Å². The van der Waals surface area contributed by atoms with E-state index in [2.05, 4.69) is 54.5 Å². The molecule has 0 aromatic heterocycles. The van der Waals surface area contributed by atoms with E-state index in [0.717, 1.165) is 140 Å². The summed E-state index contributed by atoms with van der Waals surface area (Å²) in [6.45, 7) is 15.6. The summed E-state index contributed by atoms with van der Waals surface area (Å²) in [6, 6.07) is 5.96. The van der Waals surface area contributed by atoms with Crippen LogP contribution in [0.2, 0.25) is 0 Å². The Labute approximate surface area is 520 Å². The van der Waals surface area contributed by atoms with E-state index in [9.17, 15) is 49.5 Å². The van der Waals surface area contributed by atoms with Gasteiger partial charge in [0, 0.05) is 36.5 Å². The summed E-state index contributed by atoms with van der Waals surface area (Å²) in [5.74, 6) is 9.21. The van der Waals surface area contributed by atoms with E-state index in [1.807, 2.05) is 30.4 Å². The highest BCUT2D eigenvalue weighted by molar-refractivity contribution is 5.93. The van der Waals surface area contributed by atoms with E-state index >= 15 is 0 Å². The zero-order chi connectivity index (χ0) is 61.6. The minimum atomic E-state index is -1.36. The third kappa shape index (κ3) is 9.62. The zero-order valence-corrected chi connectivity index (χ0v) is 54.2. The van der Waals surface area contributed by atoms with Crippen molar-refractivity contribution in [3.05, 3.63) is 64.3 Å². The second kappa shape index (κ2) is 22.3. The number of Topliss-reactive ketones (excluding diaryl/α,β-unsaturated/α-hetero) is 2. The third-order valence-electron chi connectivity index (χ3n) is 31.0. The van der Waals surface area contributed by atoms with Gasteiger partial charge in [-0.25, -0.2) is 0 Å². The normalized spacial score (nSPS) is 48.5. The number of aryl methyl sites for hydroxylation is 1. The average molecular weight is 1190 g/mol. The molecule has 15 aliphatic carbocycles. The molecule has 16 rings (SSSR count). The highest BCUT2D eigenvalue weighted by Gasteiger charge is 2.67. The van der Waals surface area contributed by atoms with E-state index in [0.29, 0.717) is 89.2 Å². The lowest BCUT2D eigenvalue weighted by Gasteiger charge is -2.58. The maximum absolute atomic E-state index is 12.4. The van der Waals surface area contributed by atoms with Gasteiger partial charge in [0.2, 0.25) is 0 Å². The molecule has 15 aliphatic rings. The van der Waals surface area contributed by atoms with Crippen LogP contribution in [0.15, 0.2) is 53.1 Å². The van der Waals surface area contributed by atoms with Crippen LogP contribution in [0.4, 0.5) is 0 Å². The summed E-state index contributed by atoms with van der Waals surface area (Å²) in [5, 5.41) is 51.0. The van der Waals surface area contributed by atoms with Gasteiger partial charge in [-0.05, 0) is 307 Å². The molecule has 10 nitrogen and oxygen atoms in total. The van der Waals surface area contributed by atoms with Crippen LogP contribution >= 0.6 is 0 Å². The molecule has 22 atom stereocenters. The van der Waals surface area contributed by atoms with Gasteiger partial charge < -0.3 is 25.5 Å². The molecule has 0 radical (unpaired) electrons. The van der Waals surface area contributed by atoms with Crippen LogP contribution < -0.4 is 0 Å². The van der Waals surface area contributed by atoms with E-state index in [4.69, 9.17) is 0 Å². The molecule has 0 heterocycles. The Morgan fingerprint density at radius 3 is 1.44 bits per heavy atom. The summed E-state index contributed by atoms with van der Waals surface area (Å²) in [7, 11) is 0. The lowest BCUT2D eigenvalue weighted by Crippen LogP contribution is -2.58. The fourth-order valence-corrected chi connectivity index (χ4v) is 25.6. The maximum Gasteiger partial charge on any atom is 0.190 e. The number of carbonyl (C=O) groups excluding carboxylic acids is 5. The van der Waals surface area contributed by atoms with Crippen LogP contribution in [0.1, 0.15) is 252 Å². The molecule has 10 heteroatoms. The maximum atomic E-state index is 12.4. The quantitative estimate of drug-likeness (QED) is 0.191. The van der Waals surface area contributed by atoms with E-state index < -0.39 is 23.4 Å². The molecule has 1 aromatic rings. The number of hydrogen-bond donors (Lipinski definition) is 5. The second-order valence-electron chi connectivity index (χ2n) is 33.8. The molecule has 5 N–H and O–H groups in total. The van der Waals surface area contributed by atoms with E-state index in [-0.39, 0.29) is 50.5 Å². The number of aliphatic hydroxyl groups excluding tert-OH is 3. The van der Waals surface area contributed by atoms with Crippen LogP contribution in [0.25, 0.3) is 0 Å². The number of carbonyl (C=O) groups is 5. The Hall–Kier alpha value is -3.57. The lowest BCUT2D eigenvalue weighted by atomic mass is 9.46. The summed E-state index contributed by atoms with van der Waals surface area (Å²) < 4.78 is 0. The first-order valence-corrected chi connectivity index (χ1v) is 35.5. The van der Waals surface area contributed by atoms with Crippen LogP contribution in [-0.2, 0) is 30.4 Å². The number of ketones is 5. The van der Waals surface area contributed by atoms with Crippen LogP contribution in [0.5, 0.6) is 5.75 Å². The fourth-order valence-electron chi connectivity index (χ4n) is 25.6. The number of aromatic hydroxyl groups is 1. The predicted molar refractivity (Wildman–Crippen MR) is 337 cm³/mol. The Balaban J connectivity index is 0.000000108. The standard InChI is InChI=1S/C21H30O4.C19H28O2.C19H26O2.C18H24O2/c1-19-8-5-14(23)11-13(19)3-4-15-16(19)6-9-20(2)17(15)7-10-21(20,25)18(24)12-22;2*1-18-9-7-13(20)11-12(18)3-4-14-15-5-6-17(21)19(15,2)10-8-16(14)18;1-18-9-8-14-13-5-3-12(19)10-11(13)2-4-15(14)16(18)6-7-17(18)20/h11,15-17,22,25H,3-10,12H2,1-2H3;11,14-17,21H,3-10H2,1-2H3;11,14-16H,3-10H2,1-2H3;3,5,10,14-17,19-20H,2,4,6-9H2,1H3/t15-,16+,17+,19+,20+,21+;14-,15-,16-,17-,18-,19-;14-,15-,16-,18-,19-;14-,15-,16+,17+,18+/m1001/s1. The fraction of sp³-hybridized carbons (Fsp3) is 0.779. The number of hydrogen-bond acceptors (Lipinski definition) is 10. The molecule has 0 saturated heterocycles. The highest BCUT2D eigenvalue weighted by atomic mass is 16.3. The van der Waals surface area contributed by atoms with Crippen molar-refractivity contribution in [3.63, 3.8) is 0 Å². The summed E-state index contributed by atoms with van der Waals surface area (Å²) in [4.78, 5) is 60.1. The molecule has 0 spiro atoms. The predicted octanol–water partition coefficient (Wildman–Crippen LogP) is 14.4. The van der Waals surface area contributed by atoms with Gasteiger partial charge in [-0.15, -0.1) is 0 Å². The molecule has 0 unspecified atom stereocenters. The number of fused-ring (bicyclic) bond motifs is 20. The Bertz CT molecular complexity index is 3040. The van der Waals surface area contributed by atoms with Crippen LogP contribution in [-0.4, -0.2) is 78.9 Å².